The van der Waals surface area contributed by atoms with E-state index in [4.69, 9.17) is 4.74 Å². The summed E-state index contributed by atoms with van der Waals surface area (Å²) in [6, 6.07) is 6.18. The average Bonchev–Trinajstić information content (AvgIpc) is 2.70. The molecule has 3 rings (SSSR count). The molecule has 4 nitrogen and oxygen atoms in total. The van der Waals surface area contributed by atoms with Gasteiger partial charge in [-0.15, -0.1) is 0 Å². The van der Waals surface area contributed by atoms with Gasteiger partial charge in [-0.2, -0.15) is 0 Å². The van der Waals surface area contributed by atoms with Crippen LogP contribution >= 0.6 is 0 Å². The molecule has 1 saturated heterocycles. The molecule has 1 aromatic rings. The maximum absolute atomic E-state index is 11.3. The minimum Gasteiger partial charge on any atom is -0.375 e. The van der Waals surface area contributed by atoms with Crippen LogP contribution in [0.2, 0.25) is 0 Å². The number of amides is 1. The largest absolute Gasteiger partial charge is 0.375 e. The zero-order chi connectivity index (χ0) is 11.7. The lowest BCUT2D eigenvalue weighted by molar-refractivity contribution is -0.115. The molecule has 2 aliphatic rings. The van der Waals surface area contributed by atoms with E-state index < -0.39 is 0 Å². The van der Waals surface area contributed by atoms with E-state index in [0.717, 1.165) is 37.4 Å². The summed E-state index contributed by atoms with van der Waals surface area (Å²) in [6.07, 6.45) is 1.67. The number of hydrogen-bond donors (Lipinski definition) is 2. The first kappa shape index (κ1) is 10.7. The van der Waals surface area contributed by atoms with Crippen molar-refractivity contribution in [3.05, 3.63) is 29.3 Å². The number of rotatable bonds is 2. The van der Waals surface area contributed by atoms with Crippen LogP contribution in [0.15, 0.2) is 18.2 Å². The molecule has 2 N–H and O–H groups in total. The zero-order valence-electron chi connectivity index (χ0n) is 9.66. The highest BCUT2D eigenvalue weighted by atomic mass is 16.5. The Morgan fingerprint density at radius 3 is 3.18 bits per heavy atom. The number of hydrogen-bond acceptors (Lipinski definition) is 3. The van der Waals surface area contributed by atoms with Crippen LogP contribution in [0.1, 0.15) is 11.1 Å². The number of fused-ring (bicyclic) bond motifs is 1. The summed E-state index contributed by atoms with van der Waals surface area (Å²) >= 11 is 0. The summed E-state index contributed by atoms with van der Waals surface area (Å²) < 4.78 is 5.68. The average molecular weight is 232 g/mol. The van der Waals surface area contributed by atoms with Crippen LogP contribution in [-0.2, 0) is 22.4 Å². The first-order valence-electron chi connectivity index (χ1n) is 6.05. The molecule has 0 aliphatic carbocycles. The normalized spacial score (nSPS) is 23.3. The summed E-state index contributed by atoms with van der Waals surface area (Å²) in [4.78, 5) is 11.3. The molecule has 4 heteroatoms. The standard InChI is InChI=1S/C13H16N2O2/c16-13-7-10-5-9(1-2-12(10)15-13)6-11-8-14-3-4-17-11/h1-2,5,11,14H,3-4,6-8H2,(H,15,16). The number of carbonyl (C=O) groups is 1. The number of ether oxygens (including phenoxy) is 1. The van der Waals surface area contributed by atoms with E-state index in [2.05, 4.69) is 22.8 Å². The summed E-state index contributed by atoms with van der Waals surface area (Å²) in [6.45, 7) is 2.64. The van der Waals surface area contributed by atoms with E-state index in [9.17, 15) is 4.79 Å². The van der Waals surface area contributed by atoms with Gasteiger partial charge in [-0.3, -0.25) is 4.79 Å². The van der Waals surface area contributed by atoms with Gasteiger partial charge in [0.1, 0.15) is 0 Å². The molecular formula is C13H16N2O2. The molecular weight excluding hydrogens is 216 g/mol. The molecule has 1 amide bonds. The molecule has 0 bridgehead atoms. The third kappa shape index (κ3) is 2.33. The van der Waals surface area contributed by atoms with E-state index >= 15 is 0 Å². The number of benzene rings is 1. The summed E-state index contributed by atoms with van der Waals surface area (Å²) in [5.74, 6) is 0.0905. The van der Waals surface area contributed by atoms with Crippen LogP contribution in [0, 0.1) is 0 Å². The molecule has 17 heavy (non-hydrogen) atoms. The Morgan fingerprint density at radius 2 is 2.35 bits per heavy atom. The second-order valence-corrected chi connectivity index (χ2v) is 4.62. The number of carbonyl (C=O) groups excluding carboxylic acids is 1. The number of morpholine rings is 1. The molecule has 90 valence electrons. The second kappa shape index (κ2) is 4.47. The van der Waals surface area contributed by atoms with Gasteiger partial charge >= 0.3 is 0 Å². The van der Waals surface area contributed by atoms with Gasteiger partial charge in [0.25, 0.3) is 0 Å². The minimum absolute atomic E-state index is 0.0905. The van der Waals surface area contributed by atoms with Crippen molar-refractivity contribution in [3.63, 3.8) is 0 Å². The number of anilines is 1. The molecule has 2 aliphatic heterocycles. The fraction of sp³-hybridized carbons (Fsp3) is 0.462. The van der Waals surface area contributed by atoms with Gasteiger partial charge in [0, 0.05) is 18.8 Å². The Bertz CT molecular complexity index is 439. The molecule has 2 heterocycles. The van der Waals surface area contributed by atoms with E-state index in [0.29, 0.717) is 6.42 Å². The number of nitrogens with one attached hydrogen (secondary N) is 2. The van der Waals surface area contributed by atoms with E-state index in [1.807, 2.05) is 6.07 Å². The fourth-order valence-corrected chi connectivity index (χ4v) is 2.42. The third-order valence-corrected chi connectivity index (χ3v) is 3.26. The Labute approximate surface area is 100 Å². The quantitative estimate of drug-likeness (QED) is 0.789. The molecule has 0 spiro atoms. The van der Waals surface area contributed by atoms with Crippen molar-refractivity contribution in [2.45, 2.75) is 18.9 Å². The van der Waals surface area contributed by atoms with Crippen LogP contribution in [-0.4, -0.2) is 31.7 Å². The van der Waals surface area contributed by atoms with E-state index in [1.54, 1.807) is 0 Å². The lowest BCUT2D eigenvalue weighted by Crippen LogP contribution is -2.39. The maximum atomic E-state index is 11.3. The van der Waals surface area contributed by atoms with Crippen molar-refractivity contribution in [2.75, 3.05) is 25.0 Å². The first-order chi connectivity index (χ1) is 8.31. The van der Waals surface area contributed by atoms with Gasteiger partial charge in [-0.25, -0.2) is 0 Å². The summed E-state index contributed by atoms with van der Waals surface area (Å²) in [7, 11) is 0. The second-order valence-electron chi connectivity index (χ2n) is 4.62. The zero-order valence-corrected chi connectivity index (χ0v) is 9.66. The Morgan fingerprint density at radius 1 is 1.41 bits per heavy atom. The topological polar surface area (TPSA) is 50.4 Å². The highest BCUT2D eigenvalue weighted by Crippen LogP contribution is 2.24. The van der Waals surface area contributed by atoms with Gasteiger partial charge in [-0.05, 0) is 23.6 Å². The smallest absolute Gasteiger partial charge is 0.228 e. The van der Waals surface area contributed by atoms with Crippen LogP contribution in [0.3, 0.4) is 0 Å². The highest BCUT2D eigenvalue weighted by Gasteiger charge is 2.19. The molecule has 0 saturated carbocycles. The van der Waals surface area contributed by atoms with Crippen molar-refractivity contribution < 1.29 is 9.53 Å². The summed E-state index contributed by atoms with van der Waals surface area (Å²) in [5, 5.41) is 6.17. The molecule has 1 fully saturated rings. The highest BCUT2D eigenvalue weighted by molar-refractivity contribution is 5.99. The van der Waals surface area contributed by atoms with Gasteiger partial charge in [0.05, 0.1) is 19.1 Å². The van der Waals surface area contributed by atoms with E-state index in [1.165, 1.54) is 5.56 Å². The van der Waals surface area contributed by atoms with Crippen LogP contribution in [0.25, 0.3) is 0 Å². The van der Waals surface area contributed by atoms with Gasteiger partial charge < -0.3 is 15.4 Å². The lowest BCUT2D eigenvalue weighted by atomic mass is 10.0. The van der Waals surface area contributed by atoms with Gasteiger partial charge in [-0.1, -0.05) is 12.1 Å². The fourth-order valence-electron chi connectivity index (χ4n) is 2.42. The molecule has 1 unspecified atom stereocenters. The predicted molar refractivity (Wildman–Crippen MR) is 65.1 cm³/mol. The molecule has 1 aromatic carbocycles. The monoisotopic (exact) mass is 232 g/mol. The van der Waals surface area contributed by atoms with Crippen LogP contribution in [0.4, 0.5) is 5.69 Å². The third-order valence-electron chi connectivity index (χ3n) is 3.26. The lowest BCUT2D eigenvalue weighted by Gasteiger charge is -2.23. The Kier molecular flexibility index (Phi) is 2.82. The molecule has 0 radical (unpaired) electrons. The predicted octanol–water partition coefficient (Wildman–Crippen LogP) is 0.712. The van der Waals surface area contributed by atoms with Crippen molar-refractivity contribution in [1.82, 2.24) is 5.32 Å². The Hall–Kier alpha value is -1.39. The minimum atomic E-state index is 0.0905. The summed E-state index contributed by atoms with van der Waals surface area (Å²) in [5.41, 5.74) is 3.31. The first-order valence-corrected chi connectivity index (χ1v) is 6.05. The van der Waals surface area contributed by atoms with Crippen LogP contribution in [0.5, 0.6) is 0 Å². The molecule has 1 atom stereocenters. The van der Waals surface area contributed by atoms with Gasteiger partial charge in [0.15, 0.2) is 0 Å². The van der Waals surface area contributed by atoms with Crippen molar-refractivity contribution >= 4 is 11.6 Å². The van der Waals surface area contributed by atoms with Gasteiger partial charge in [0.2, 0.25) is 5.91 Å². The maximum Gasteiger partial charge on any atom is 0.228 e. The van der Waals surface area contributed by atoms with Crippen molar-refractivity contribution in [2.24, 2.45) is 0 Å². The van der Waals surface area contributed by atoms with Crippen molar-refractivity contribution in [3.8, 4) is 0 Å². The molecule has 0 aromatic heterocycles. The Balaban J connectivity index is 1.72. The SMILES string of the molecule is O=C1Cc2cc(CC3CNCCO3)ccc2N1. The van der Waals surface area contributed by atoms with E-state index in [-0.39, 0.29) is 12.0 Å². The van der Waals surface area contributed by atoms with Crippen LogP contribution < -0.4 is 10.6 Å². The van der Waals surface area contributed by atoms with Crippen molar-refractivity contribution in [1.29, 1.82) is 0 Å².